The number of piperidine rings is 1. The maximum atomic E-state index is 13.2. The van der Waals surface area contributed by atoms with Crippen LogP contribution in [0.1, 0.15) is 44.6 Å². The fourth-order valence-corrected chi connectivity index (χ4v) is 4.36. The zero-order valence-electron chi connectivity index (χ0n) is 17.6. The summed E-state index contributed by atoms with van der Waals surface area (Å²) in [6.07, 6.45) is 0.482. The first-order chi connectivity index (χ1) is 14.9. The van der Waals surface area contributed by atoms with E-state index in [1.165, 1.54) is 6.07 Å². The highest BCUT2D eigenvalue weighted by molar-refractivity contribution is 5.96. The van der Waals surface area contributed by atoms with Crippen LogP contribution in [0, 0.1) is 0 Å². The second-order valence-corrected chi connectivity index (χ2v) is 8.17. The number of halogens is 3. The number of hydrogen-bond donors (Lipinski definition) is 1. The fraction of sp³-hybridized carbons (Fsp3) is 0.478. The summed E-state index contributed by atoms with van der Waals surface area (Å²) in [5.41, 5.74) is 0.951. The van der Waals surface area contributed by atoms with E-state index in [1.54, 1.807) is 17.0 Å². The molecular weight excluding hydrogens is 405 g/mol. The minimum atomic E-state index is -4.42. The lowest BCUT2D eigenvalue weighted by molar-refractivity contribution is -0.137. The van der Waals surface area contributed by atoms with Crippen molar-refractivity contribution in [1.82, 2.24) is 10.3 Å². The van der Waals surface area contributed by atoms with Crippen LogP contribution in [-0.2, 0) is 6.18 Å². The molecule has 8 heteroatoms. The van der Waals surface area contributed by atoms with Crippen molar-refractivity contribution in [2.24, 2.45) is 0 Å². The quantitative estimate of drug-likeness (QED) is 0.639. The third-order valence-electron chi connectivity index (χ3n) is 5.95. The lowest BCUT2D eigenvalue weighted by atomic mass is 9.99. The van der Waals surface area contributed by atoms with Crippen molar-refractivity contribution < 1.29 is 18.0 Å². The van der Waals surface area contributed by atoms with Crippen molar-refractivity contribution in [3.8, 4) is 11.3 Å². The Balaban J connectivity index is 1.68. The standard InChI is InChI=1S/C23H27F3N4O/c1-2-3-4-12-27-22(31)30-18-9-6-13-29(15-18)20-11-10-19(28-21(20)30)16-7-5-8-17(14-16)23(24,25)26/h5,7-8,10-11,14,18H,2-4,6,9,12-13,15H2,1H3,(H,27,31)/t18-/m0/s1. The number of unbranched alkanes of at least 4 members (excludes halogenated alkanes) is 2. The summed E-state index contributed by atoms with van der Waals surface area (Å²) in [5.74, 6) is 0.527. The highest BCUT2D eigenvalue weighted by atomic mass is 19.4. The Labute approximate surface area is 180 Å². The van der Waals surface area contributed by atoms with Crippen molar-refractivity contribution >= 4 is 17.5 Å². The number of benzene rings is 1. The molecule has 0 saturated carbocycles. The number of nitrogens with zero attached hydrogens (tertiary/aromatic N) is 3. The molecule has 2 aliphatic rings. The molecule has 1 aromatic heterocycles. The van der Waals surface area contributed by atoms with E-state index < -0.39 is 11.7 Å². The molecule has 5 nitrogen and oxygen atoms in total. The highest BCUT2D eigenvalue weighted by Gasteiger charge is 2.38. The van der Waals surface area contributed by atoms with E-state index in [9.17, 15) is 18.0 Å². The van der Waals surface area contributed by atoms with Crippen LogP contribution >= 0.6 is 0 Å². The topological polar surface area (TPSA) is 48.5 Å². The van der Waals surface area contributed by atoms with Gasteiger partial charge in [0.1, 0.15) is 0 Å². The Morgan fingerprint density at radius 1 is 1.23 bits per heavy atom. The number of pyridine rings is 1. The normalized spacial score (nSPS) is 18.0. The Morgan fingerprint density at radius 3 is 2.84 bits per heavy atom. The molecule has 1 fully saturated rings. The van der Waals surface area contributed by atoms with Gasteiger partial charge in [-0.25, -0.2) is 9.78 Å². The van der Waals surface area contributed by atoms with Crippen LogP contribution in [-0.4, -0.2) is 36.7 Å². The van der Waals surface area contributed by atoms with Gasteiger partial charge < -0.3 is 10.2 Å². The zero-order valence-corrected chi connectivity index (χ0v) is 17.6. The molecule has 166 valence electrons. The third kappa shape index (κ3) is 4.48. The van der Waals surface area contributed by atoms with E-state index in [0.29, 0.717) is 23.6 Å². The molecule has 2 bridgehead atoms. The van der Waals surface area contributed by atoms with E-state index in [2.05, 4.69) is 17.1 Å². The van der Waals surface area contributed by atoms with E-state index in [4.69, 9.17) is 4.98 Å². The summed E-state index contributed by atoms with van der Waals surface area (Å²) >= 11 is 0. The Hall–Kier alpha value is -2.77. The van der Waals surface area contributed by atoms with E-state index in [1.807, 2.05) is 6.07 Å². The maximum Gasteiger partial charge on any atom is 0.416 e. The lowest BCUT2D eigenvalue weighted by Gasteiger charge is -2.46. The van der Waals surface area contributed by atoms with Gasteiger partial charge >= 0.3 is 12.2 Å². The molecule has 0 spiro atoms. The SMILES string of the molecule is CCCCCNC(=O)N1c2nc(-c3cccc(C(F)(F)F)c3)ccc2N2CCC[C@H]1C2. The molecule has 1 N–H and O–H groups in total. The summed E-state index contributed by atoms with van der Waals surface area (Å²) in [7, 11) is 0. The number of alkyl halides is 3. The summed E-state index contributed by atoms with van der Waals surface area (Å²) in [5, 5.41) is 3.00. The minimum Gasteiger partial charge on any atom is -0.366 e. The van der Waals surface area contributed by atoms with Crippen LogP contribution in [0.3, 0.4) is 0 Å². The largest absolute Gasteiger partial charge is 0.416 e. The number of carbonyl (C=O) groups excluding carboxylic acids is 1. The van der Waals surface area contributed by atoms with Crippen LogP contribution in [0.15, 0.2) is 36.4 Å². The van der Waals surface area contributed by atoms with Crippen LogP contribution in [0.5, 0.6) is 0 Å². The van der Waals surface area contributed by atoms with Crippen molar-refractivity contribution in [3.63, 3.8) is 0 Å². The van der Waals surface area contributed by atoms with Crippen LogP contribution in [0.2, 0.25) is 0 Å². The van der Waals surface area contributed by atoms with Gasteiger partial charge in [-0.3, -0.25) is 4.90 Å². The number of hydrogen-bond acceptors (Lipinski definition) is 3. The van der Waals surface area contributed by atoms with E-state index in [-0.39, 0.29) is 12.1 Å². The number of anilines is 2. The second-order valence-electron chi connectivity index (χ2n) is 8.17. The smallest absolute Gasteiger partial charge is 0.366 e. The summed E-state index contributed by atoms with van der Waals surface area (Å²) < 4.78 is 39.5. The number of rotatable bonds is 5. The number of aromatic nitrogens is 1. The molecule has 2 amide bonds. The van der Waals surface area contributed by atoms with Crippen molar-refractivity contribution in [2.45, 2.75) is 51.2 Å². The van der Waals surface area contributed by atoms with Gasteiger partial charge in [-0.1, -0.05) is 31.9 Å². The van der Waals surface area contributed by atoms with Crippen molar-refractivity contribution in [1.29, 1.82) is 0 Å². The molecule has 1 atom stereocenters. The molecule has 31 heavy (non-hydrogen) atoms. The predicted octanol–water partition coefficient (Wildman–Crippen LogP) is 5.46. The molecule has 2 aromatic rings. The summed E-state index contributed by atoms with van der Waals surface area (Å²) in [6, 6.07) is 8.59. The van der Waals surface area contributed by atoms with Gasteiger partial charge in [0, 0.05) is 25.2 Å². The monoisotopic (exact) mass is 432 g/mol. The Morgan fingerprint density at radius 2 is 2.06 bits per heavy atom. The lowest BCUT2D eigenvalue weighted by Crippen LogP contribution is -2.57. The molecule has 0 unspecified atom stereocenters. The van der Waals surface area contributed by atoms with Gasteiger partial charge in [-0.05, 0) is 43.5 Å². The number of nitrogens with one attached hydrogen (secondary N) is 1. The van der Waals surface area contributed by atoms with Crippen LogP contribution in [0.25, 0.3) is 11.3 Å². The average Bonchev–Trinajstić information content (AvgIpc) is 2.76. The van der Waals surface area contributed by atoms with Gasteiger partial charge in [0.05, 0.1) is 23.0 Å². The second kappa shape index (κ2) is 8.77. The van der Waals surface area contributed by atoms with Gasteiger partial charge in [0.2, 0.25) is 0 Å². The average molecular weight is 432 g/mol. The van der Waals surface area contributed by atoms with Crippen molar-refractivity contribution in [3.05, 3.63) is 42.0 Å². The summed E-state index contributed by atoms with van der Waals surface area (Å²) in [6.45, 7) is 4.35. The molecular formula is C23H27F3N4O. The Kier molecular flexibility index (Phi) is 6.07. The van der Waals surface area contributed by atoms with Gasteiger partial charge in [0.25, 0.3) is 0 Å². The molecule has 4 rings (SSSR count). The van der Waals surface area contributed by atoms with Crippen LogP contribution < -0.4 is 15.1 Å². The zero-order chi connectivity index (χ0) is 22.0. The van der Waals surface area contributed by atoms with Gasteiger partial charge in [-0.2, -0.15) is 13.2 Å². The molecule has 2 aliphatic heterocycles. The minimum absolute atomic E-state index is 0.0108. The number of urea groups is 1. The first kappa shape index (κ1) is 21.5. The summed E-state index contributed by atoms with van der Waals surface area (Å²) in [4.78, 5) is 21.7. The maximum absolute atomic E-state index is 13.2. The van der Waals surface area contributed by atoms with Crippen LogP contribution in [0.4, 0.5) is 29.5 Å². The van der Waals surface area contributed by atoms with Gasteiger partial charge in [-0.15, -0.1) is 0 Å². The fourth-order valence-electron chi connectivity index (χ4n) is 4.36. The van der Waals surface area contributed by atoms with Gasteiger partial charge in [0.15, 0.2) is 5.82 Å². The Bertz CT molecular complexity index is 947. The first-order valence-corrected chi connectivity index (χ1v) is 10.9. The van der Waals surface area contributed by atoms with Crippen molar-refractivity contribution in [2.75, 3.05) is 29.4 Å². The third-order valence-corrected chi connectivity index (χ3v) is 5.95. The van der Waals surface area contributed by atoms with E-state index >= 15 is 0 Å². The molecule has 0 aliphatic carbocycles. The molecule has 3 heterocycles. The predicted molar refractivity (Wildman–Crippen MR) is 115 cm³/mol. The molecule has 1 aromatic carbocycles. The number of carbonyl (C=O) groups is 1. The van der Waals surface area contributed by atoms with E-state index in [0.717, 1.165) is 63.0 Å². The number of fused-ring (bicyclic) bond motifs is 4. The highest BCUT2D eigenvalue weighted by Crippen LogP contribution is 2.40. The molecule has 1 saturated heterocycles. The first-order valence-electron chi connectivity index (χ1n) is 10.9. The number of amides is 2. The molecule has 0 radical (unpaired) electrons.